The zero-order valence-corrected chi connectivity index (χ0v) is 11.0. The lowest BCUT2D eigenvalue weighted by molar-refractivity contribution is -0.143. The standard InChI is InChI=1S/C13H24N2O2/c1-14-7-8-15(11-5-3-4-6-11)12(10-14)9-13(16)17-2/h11-12H,3-10H2,1-2H3. The summed E-state index contributed by atoms with van der Waals surface area (Å²) in [4.78, 5) is 16.4. The smallest absolute Gasteiger partial charge is 0.307 e. The lowest BCUT2D eigenvalue weighted by atomic mass is 10.0. The van der Waals surface area contributed by atoms with Crippen LogP contribution in [0.15, 0.2) is 0 Å². The highest BCUT2D eigenvalue weighted by atomic mass is 16.5. The van der Waals surface area contributed by atoms with Gasteiger partial charge in [-0.25, -0.2) is 0 Å². The second kappa shape index (κ2) is 5.83. The Bertz CT molecular complexity index is 264. The van der Waals surface area contributed by atoms with Gasteiger partial charge in [-0.1, -0.05) is 12.8 Å². The van der Waals surface area contributed by atoms with E-state index in [0.29, 0.717) is 18.5 Å². The number of carbonyl (C=O) groups is 1. The van der Waals surface area contributed by atoms with Gasteiger partial charge < -0.3 is 9.64 Å². The summed E-state index contributed by atoms with van der Waals surface area (Å²) >= 11 is 0. The summed E-state index contributed by atoms with van der Waals surface area (Å²) in [5.74, 6) is -0.0757. The van der Waals surface area contributed by atoms with E-state index in [4.69, 9.17) is 4.74 Å². The Hall–Kier alpha value is -0.610. The number of likely N-dealkylation sites (N-methyl/N-ethyl adjacent to an activating group) is 1. The van der Waals surface area contributed by atoms with Crippen molar-refractivity contribution < 1.29 is 9.53 Å². The van der Waals surface area contributed by atoms with E-state index in [1.165, 1.54) is 32.8 Å². The molecule has 1 aliphatic heterocycles. The fourth-order valence-electron chi connectivity index (χ4n) is 3.20. The molecule has 1 heterocycles. The summed E-state index contributed by atoms with van der Waals surface area (Å²) < 4.78 is 4.82. The molecule has 17 heavy (non-hydrogen) atoms. The molecule has 2 aliphatic rings. The van der Waals surface area contributed by atoms with Crippen molar-refractivity contribution in [3.05, 3.63) is 0 Å². The van der Waals surface area contributed by atoms with Crippen molar-refractivity contribution >= 4 is 5.97 Å². The van der Waals surface area contributed by atoms with Crippen molar-refractivity contribution in [3.63, 3.8) is 0 Å². The minimum absolute atomic E-state index is 0.0757. The van der Waals surface area contributed by atoms with Gasteiger partial charge in [-0.3, -0.25) is 9.69 Å². The number of hydrogen-bond donors (Lipinski definition) is 0. The summed E-state index contributed by atoms with van der Waals surface area (Å²) in [7, 11) is 3.62. The summed E-state index contributed by atoms with van der Waals surface area (Å²) in [5.41, 5.74) is 0. The molecule has 0 aromatic heterocycles. The predicted molar refractivity (Wildman–Crippen MR) is 66.9 cm³/mol. The average molecular weight is 240 g/mol. The van der Waals surface area contributed by atoms with Gasteiger partial charge in [-0.2, -0.15) is 0 Å². The van der Waals surface area contributed by atoms with Crippen LogP contribution in [0.2, 0.25) is 0 Å². The molecule has 1 saturated heterocycles. The SMILES string of the molecule is COC(=O)CC1CN(C)CCN1C1CCCC1. The fraction of sp³-hybridized carbons (Fsp3) is 0.923. The number of esters is 1. The first-order valence-corrected chi connectivity index (χ1v) is 6.72. The fourth-order valence-corrected chi connectivity index (χ4v) is 3.20. The highest BCUT2D eigenvalue weighted by molar-refractivity contribution is 5.70. The van der Waals surface area contributed by atoms with Crippen LogP contribution in [0.3, 0.4) is 0 Å². The van der Waals surface area contributed by atoms with E-state index < -0.39 is 0 Å². The van der Waals surface area contributed by atoms with Crippen LogP contribution in [0.25, 0.3) is 0 Å². The van der Waals surface area contributed by atoms with Crippen molar-refractivity contribution in [3.8, 4) is 0 Å². The number of methoxy groups -OCH3 is 1. The Kier molecular flexibility index (Phi) is 4.40. The average Bonchev–Trinajstić information content (AvgIpc) is 2.82. The first-order valence-electron chi connectivity index (χ1n) is 6.72. The van der Waals surface area contributed by atoms with Crippen LogP contribution in [0, 0.1) is 0 Å². The maximum absolute atomic E-state index is 11.5. The van der Waals surface area contributed by atoms with Crippen molar-refractivity contribution in [2.24, 2.45) is 0 Å². The minimum atomic E-state index is -0.0757. The molecule has 2 fully saturated rings. The Morgan fingerprint density at radius 2 is 2.00 bits per heavy atom. The minimum Gasteiger partial charge on any atom is -0.469 e. The second-order valence-electron chi connectivity index (χ2n) is 5.37. The van der Waals surface area contributed by atoms with Gasteiger partial charge in [0.1, 0.15) is 0 Å². The van der Waals surface area contributed by atoms with Crippen LogP contribution < -0.4 is 0 Å². The van der Waals surface area contributed by atoms with Crippen LogP contribution in [-0.2, 0) is 9.53 Å². The van der Waals surface area contributed by atoms with Crippen LogP contribution in [0.1, 0.15) is 32.1 Å². The van der Waals surface area contributed by atoms with E-state index in [1.54, 1.807) is 0 Å². The van der Waals surface area contributed by atoms with Crippen molar-refractivity contribution in [2.75, 3.05) is 33.8 Å². The third-order valence-corrected chi connectivity index (χ3v) is 4.16. The Balaban J connectivity index is 1.97. The molecule has 2 rings (SSSR count). The molecular weight excluding hydrogens is 216 g/mol. The predicted octanol–water partition coefficient (Wildman–Crippen LogP) is 1.11. The molecule has 1 unspecified atom stereocenters. The highest BCUT2D eigenvalue weighted by Crippen LogP contribution is 2.27. The zero-order chi connectivity index (χ0) is 12.3. The van der Waals surface area contributed by atoms with Gasteiger partial charge in [0, 0.05) is 31.7 Å². The number of hydrogen-bond acceptors (Lipinski definition) is 4. The summed E-state index contributed by atoms with van der Waals surface area (Å²) in [6.07, 6.45) is 5.85. The zero-order valence-electron chi connectivity index (χ0n) is 11.0. The third-order valence-electron chi connectivity index (χ3n) is 4.16. The van der Waals surface area contributed by atoms with E-state index in [-0.39, 0.29) is 5.97 Å². The molecular formula is C13H24N2O2. The molecule has 1 saturated carbocycles. The van der Waals surface area contributed by atoms with Crippen molar-refractivity contribution in [2.45, 2.75) is 44.2 Å². The second-order valence-corrected chi connectivity index (χ2v) is 5.37. The number of piperazine rings is 1. The number of carbonyl (C=O) groups excluding carboxylic acids is 1. The van der Waals surface area contributed by atoms with Gasteiger partial charge in [0.25, 0.3) is 0 Å². The number of rotatable bonds is 3. The van der Waals surface area contributed by atoms with Gasteiger partial charge in [-0.15, -0.1) is 0 Å². The molecule has 98 valence electrons. The van der Waals surface area contributed by atoms with Crippen molar-refractivity contribution in [1.82, 2.24) is 9.80 Å². The van der Waals surface area contributed by atoms with Crippen LogP contribution in [-0.4, -0.2) is 61.6 Å². The van der Waals surface area contributed by atoms with Gasteiger partial charge in [0.05, 0.1) is 13.5 Å². The van der Waals surface area contributed by atoms with E-state index in [0.717, 1.165) is 19.6 Å². The maximum Gasteiger partial charge on any atom is 0.307 e. The maximum atomic E-state index is 11.5. The molecule has 0 spiro atoms. The first-order chi connectivity index (χ1) is 8.20. The van der Waals surface area contributed by atoms with Gasteiger partial charge in [-0.05, 0) is 19.9 Å². The molecule has 1 aliphatic carbocycles. The Morgan fingerprint density at radius 1 is 1.29 bits per heavy atom. The Morgan fingerprint density at radius 3 is 2.65 bits per heavy atom. The summed E-state index contributed by atoms with van der Waals surface area (Å²) in [6, 6.07) is 1.06. The molecule has 4 nitrogen and oxygen atoms in total. The summed E-state index contributed by atoms with van der Waals surface area (Å²) in [5, 5.41) is 0. The molecule has 0 aromatic rings. The van der Waals surface area contributed by atoms with Gasteiger partial charge in [0.2, 0.25) is 0 Å². The molecule has 0 aromatic carbocycles. The lowest BCUT2D eigenvalue weighted by Crippen LogP contribution is -2.55. The van der Waals surface area contributed by atoms with E-state index in [9.17, 15) is 4.79 Å². The van der Waals surface area contributed by atoms with Crippen LogP contribution >= 0.6 is 0 Å². The van der Waals surface area contributed by atoms with E-state index >= 15 is 0 Å². The van der Waals surface area contributed by atoms with E-state index in [1.807, 2.05) is 0 Å². The Labute approximate surface area is 104 Å². The molecule has 0 bridgehead atoms. The summed E-state index contributed by atoms with van der Waals surface area (Å²) in [6.45, 7) is 3.21. The monoisotopic (exact) mass is 240 g/mol. The molecule has 0 N–H and O–H groups in total. The van der Waals surface area contributed by atoms with Crippen LogP contribution in [0.5, 0.6) is 0 Å². The quantitative estimate of drug-likeness (QED) is 0.692. The number of ether oxygens (including phenoxy) is 1. The van der Waals surface area contributed by atoms with Gasteiger partial charge in [0.15, 0.2) is 0 Å². The highest BCUT2D eigenvalue weighted by Gasteiger charge is 2.33. The lowest BCUT2D eigenvalue weighted by Gasteiger charge is -2.43. The van der Waals surface area contributed by atoms with E-state index in [2.05, 4.69) is 16.8 Å². The third kappa shape index (κ3) is 3.19. The van der Waals surface area contributed by atoms with Crippen molar-refractivity contribution in [1.29, 1.82) is 0 Å². The molecule has 0 radical (unpaired) electrons. The molecule has 4 heteroatoms. The largest absolute Gasteiger partial charge is 0.469 e. The van der Waals surface area contributed by atoms with Gasteiger partial charge >= 0.3 is 5.97 Å². The van der Waals surface area contributed by atoms with Crippen LogP contribution in [0.4, 0.5) is 0 Å². The normalized spacial score (nSPS) is 28.5. The molecule has 0 amide bonds. The topological polar surface area (TPSA) is 32.8 Å². The number of nitrogens with zero attached hydrogens (tertiary/aromatic N) is 2. The molecule has 1 atom stereocenters. The first kappa shape index (κ1) is 12.8.